The van der Waals surface area contributed by atoms with Gasteiger partial charge in [-0.25, -0.2) is 9.97 Å². The Morgan fingerprint density at radius 1 is 1.19 bits per heavy atom. The summed E-state index contributed by atoms with van der Waals surface area (Å²) in [7, 11) is 0. The van der Waals surface area contributed by atoms with Crippen LogP contribution in [0.4, 0.5) is 11.5 Å². The molecular weight excluding hydrogens is 484 g/mol. The second kappa shape index (κ2) is 10.4. The number of H-pyrrole nitrogens is 1. The van der Waals surface area contributed by atoms with Crippen LogP contribution in [0.15, 0.2) is 55.2 Å². The van der Waals surface area contributed by atoms with Gasteiger partial charge in [-0.2, -0.15) is 0 Å². The zero-order valence-electron chi connectivity index (χ0n) is 19.1. The lowest BCUT2D eigenvalue weighted by Crippen LogP contribution is -2.36. The quantitative estimate of drug-likeness (QED) is 0.279. The van der Waals surface area contributed by atoms with Gasteiger partial charge in [0.2, 0.25) is 0 Å². The van der Waals surface area contributed by atoms with Crippen molar-refractivity contribution in [1.29, 1.82) is 0 Å². The van der Waals surface area contributed by atoms with Crippen LogP contribution in [0.1, 0.15) is 39.1 Å². The number of ether oxygens (including phenoxy) is 1. The number of fused-ring (bicyclic) bond motifs is 1. The first-order chi connectivity index (χ1) is 17.5. The number of aliphatic hydroxyl groups excluding tert-OH is 1. The lowest BCUT2D eigenvalue weighted by atomic mass is 10.0. The molecule has 10 nitrogen and oxygen atoms in total. The molecule has 1 saturated heterocycles. The summed E-state index contributed by atoms with van der Waals surface area (Å²) in [5.41, 5.74) is 2.01. The number of halogens is 1. The van der Waals surface area contributed by atoms with Crippen LogP contribution in [0.3, 0.4) is 0 Å². The molecule has 11 heteroatoms. The second-order valence-electron chi connectivity index (χ2n) is 8.42. The number of hydrogen-bond donors (Lipinski definition) is 4. The summed E-state index contributed by atoms with van der Waals surface area (Å²) >= 11 is 6.47. The Labute approximate surface area is 211 Å². The zero-order chi connectivity index (χ0) is 25.1. The van der Waals surface area contributed by atoms with Crippen LogP contribution < -0.4 is 10.6 Å². The van der Waals surface area contributed by atoms with E-state index < -0.39 is 0 Å². The monoisotopic (exact) mass is 506 g/mol. The van der Waals surface area contributed by atoms with Gasteiger partial charge in [0.25, 0.3) is 5.91 Å². The zero-order valence-corrected chi connectivity index (χ0v) is 19.8. The van der Waals surface area contributed by atoms with E-state index >= 15 is 0 Å². The standard InChI is InChI=1S/C25H23ClN6O4/c26-20-8-15(32-25(35)14-2-1-7-27-9-14)4-6-18(20)22(34)19-10-28-23-21(19)24(30-13-29-23)31-16-3-5-17(11-33)36-12-16/h1-2,4,6-10,13,16-17,33H,3,5,11-12H2,(H,32,35)(H2,28,29,30,31)/t16-,17+/m0/s1. The van der Waals surface area contributed by atoms with Gasteiger partial charge in [-0.15, -0.1) is 0 Å². The summed E-state index contributed by atoms with van der Waals surface area (Å²) in [4.78, 5) is 41.5. The lowest BCUT2D eigenvalue weighted by molar-refractivity contribution is -0.0224. The smallest absolute Gasteiger partial charge is 0.257 e. The Balaban J connectivity index is 1.38. The van der Waals surface area contributed by atoms with E-state index in [4.69, 9.17) is 16.3 Å². The number of amides is 1. The molecule has 0 unspecified atom stereocenters. The molecule has 1 aliphatic rings. The molecule has 1 fully saturated rings. The van der Waals surface area contributed by atoms with Crippen LogP contribution >= 0.6 is 11.6 Å². The third kappa shape index (κ3) is 4.92. The van der Waals surface area contributed by atoms with Crippen molar-refractivity contribution >= 4 is 45.8 Å². The summed E-state index contributed by atoms with van der Waals surface area (Å²) in [5.74, 6) is -0.133. The van der Waals surface area contributed by atoms with E-state index in [9.17, 15) is 14.7 Å². The van der Waals surface area contributed by atoms with E-state index in [1.165, 1.54) is 18.6 Å². The topological polar surface area (TPSA) is 142 Å². The average molecular weight is 507 g/mol. The minimum absolute atomic E-state index is 0.00632. The van der Waals surface area contributed by atoms with Gasteiger partial charge < -0.3 is 25.5 Å². The number of benzene rings is 1. The van der Waals surface area contributed by atoms with Gasteiger partial charge in [-0.1, -0.05) is 11.6 Å². The summed E-state index contributed by atoms with van der Waals surface area (Å²) in [5, 5.41) is 16.1. The SMILES string of the molecule is O=C(Nc1ccc(C(=O)c2c[nH]c3ncnc(N[C@H]4CC[C@H](CO)OC4)c23)c(Cl)c1)c1cccnc1. The Kier molecular flexibility index (Phi) is 6.90. The van der Waals surface area contributed by atoms with E-state index in [-0.39, 0.29) is 41.0 Å². The Morgan fingerprint density at radius 2 is 2.08 bits per heavy atom. The van der Waals surface area contributed by atoms with Gasteiger partial charge in [0.1, 0.15) is 17.8 Å². The lowest BCUT2D eigenvalue weighted by Gasteiger charge is -2.29. The molecule has 3 aromatic heterocycles. The molecule has 4 N–H and O–H groups in total. The van der Waals surface area contributed by atoms with Gasteiger partial charge in [-0.3, -0.25) is 14.6 Å². The van der Waals surface area contributed by atoms with Crippen molar-refractivity contribution in [2.75, 3.05) is 23.8 Å². The highest BCUT2D eigenvalue weighted by Gasteiger charge is 2.25. The molecule has 1 aromatic carbocycles. The van der Waals surface area contributed by atoms with Crippen molar-refractivity contribution in [2.24, 2.45) is 0 Å². The molecule has 4 aromatic rings. The number of aromatic amines is 1. The molecule has 5 rings (SSSR count). The molecule has 184 valence electrons. The second-order valence-corrected chi connectivity index (χ2v) is 8.83. The van der Waals surface area contributed by atoms with Crippen molar-refractivity contribution in [1.82, 2.24) is 19.9 Å². The number of aromatic nitrogens is 4. The summed E-state index contributed by atoms with van der Waals surface area (Å²) < 4.78 is 5.65. The molecule has 0 radical (unpaired) electrons. The van der Waals surface area contributed by atoms with Gasteiger partial charge in [0.05, 0.1) is 46.9 Å². The number of rotatable bonds is 7. The predicted octanol–water partition coefficient (Wildman–Crippen LogP) is 3.44. The molecule has 0 spiro atoms. The summed E-state index contributed by atoms with van der Waals surface area (Å²) in [6.07, 6.45) is 7.41. The Bertz CT molecular complexity index is 1400. The maximum Gasteiger partial charge on any atom is 0.257 e. The molecule has 2 atom stereocenters. The van der Waals surface area contributed by atoms with Crippen LogP contribution in [0, 0.1) is 0 Å². The van der Waals surface area contributed by atoms with Gasteiger partial charge in [0.15, 0.2) is 5.78 Å². The normalized spacial score (nSPS) is 17.6. The highest BCUT2D eigenvalue weighted by atomic mass is 35.5. The van der Waals surface area contributed by atoms with Gasteiger partial charge in [0, 0.05) is 29.8 Å². The highest BCUT2D eigenvalue weighted by Crippen LogP contribution is 2.30. The fourth-order valence-corrected chi connectivity index (χ4v) is 4.40. The number of carbonyl (C=O) groups excluding carboxylic acids is 2. The maximum absolute atomic E-state index is 13.5. The first-order valence-corrected chi connectivity index (χ1v) is 11.8. The number of carbonyl (C=O) groups is 2. The van der Waals surface area contributed by atoms with Crippen molar-refractivity contribution in [2.45, 2.75) is 25.0 Å². The number of hydrogen-bond acceptors (Lipinski definition) is 8. The van der Waals surface area contributed by atoms with E-state index in [2.05, 4.69) is 30.6 Å². The molecule has 0 saturated carbocycles. The molecular formula is C25H23ClN6O4. The summed E-state index contributed by atoms with van der Waals surface area (Å²) in [6, 6.07) is 8.03. The van der Waals surface area contributed by atoms with Crippen LogP contribution in [0.5, 0.6) is 0 Å². The molecule has 1 amide bonds. The predicted molar refractivity (Wildman–Crippen MR) is 134 cm³/mol. The van der Waals surface area contributed by atoms with Crippen molar-refractivity contribution in [3.63, 3.8) is 0 Å². The minimum atomic E-state index is -0.334. The van der Waals surface area contributed by atoms with Gasteiger partial charge >= 0.3 is 0 Å². The Hall–Kier alpha value is -3.86. The number of ketones is 1. The number of nitrogens with zero attached hydrogens (tertiary/aromatic N) is 3. The van der Waals surface area contributed by atoms with Crippen molar-refractivity contribution < 1.29 is 19.4 Å². The fraction of sp³-hybridized carbons (Fsp3) is 0.240. The van der Waals surface area contributed by atoms with Crippen LogP contribution in [-0.4, -0.2) is 62.1 Å². The molecule has 4 heterocycles. The highest BCUT2D eigenvalue weighted by molar-refractivity contribution is 6.36. The third-order valence-corrected chi connectivity index (χ3v) is 6.34. The average Bonchev–Trinajstić information content (AvgIpc) is 3.35. The van der Waals surface area contributed by atoms with Crippen molar-refractivity contribution in [3.8, 4) is 0 Å². The van der Waals surface area contributed by atoms with Crippen LogP contribution in [0.2, 0.25) is 5.02 Å². The third-order valence-electron chi connectivity index (χ3n) is 6.02. The number of anilines is 2. The van der Waals surface area contributed by atoms with E-state index in [0.717, 1.165) is 12.8 Å². The van der Waals surface area contributed by atoms with Crippen LogP contribution in [0.25, 0.3) is 11.0 Å². The van der Waals surface area contributed by atoms with Gasteiger partial charge in [-0.05, 0) is 43.2 Å². The maximum atomic E-state index is 13.5. The number of aliphatic hydroxyl groups is 1. The van der Waals surface area contributed by atoms with Crippen LogP contribution in [-0.2, 0) is 4.74 Å². The fourth-order valence-electron chi connectivity index (χ4n) is 4.13. The molecule has 0 aliphatic carbocycles. The first kappa shape index (κ1) is 23.9. The number of nitrogens with one attached hydrogen (secondary N) is 3. The molecule has 36 heavy (non-hydrogen) atoms. The van der Waals surface area contributed by atoms with E-state index in [0.29, 0.717) is 40.3 Å². The molecule has 0 bridgehead atoms. The first-order valence-electron chi connectivity index (χ1n) is 11.4. The summed E-state index contributed by atoms with van der Waals surface area (Å²) in [6.45, 7) is 0.413. The largest absolute Gasteiger partial charge is 0.394 e. The van der Waals surface area contributed by atoms with Crippen molar-refractivity contribution in [3.05, 3.63) is 77.0 Å². The molecule has 1 aliphatic heterocycles. The van der Waals surface area contributed by atoms with E-state index in [1.807, 2.05) is 0 Å². The Morgan fingerprint density at radius 3 is 2.81 bits per heavy atom. The number of pyridine rings is 1. The minimum Gasteiger partial charge on any atom is -0.394 e. The van der Waals surface area contributed by atoms with E-state index in [1.54, 1.807) is 36.7 Å².